The fourth-order valence-corrected chi connectivity index (χ4v) is 3.62. The van der Waals surface area contributed by atoms with Crippen LogP contribution in [0, 0.1) is 17.8 Å². The summed E-state index contributed by atoms with van der Waals surface area (Å²) in [6.07, 6.45) is 3.35. The number of hydrogen-bond donors (Lipinski definition) is 0. The molecule has 4 nitrogen and oxygen atoms in total. The standard InChI is InChI=1S/C15H11NO3S/c17-13-11-9-6-7-10(19-15(9)20)12(11)14(18)16(13)8-4-2-1-3-5-8/h1-7,9-12H. The maximum absolute atomic E-state index is 12.6. The minimum Gasteiger partial charge on any atom is -0.478 e. The van der Waals surface area contributed by atoms with E-state index in [2.05, 4.69) is 0 Å². The van der Waals surface area contributed by atoms with Gasteiger partial charge in [-0.3, -0.25) is 9.59 Å². The second-order valence-electron chi connectivity index (χ2n) is 5.21. The molecule has 0 radical (unpaired) electrons. The fourth-order valence-electron chi connectivity index (χ4n) is 3.29. The fraction of sp³-hybridized carbons (Fsp3) is 0.267. The van der Waals surface area contributed by atoms with Crippen molar-refractivity contribution in [2.45, 2.75) is 6.10 Å². The Labute approximate surface area is 121 Å². The van der Waals surface area contributed by atoms with Crippen LogP contribution in [0.2, 0.25) is 0 Å². The molecular weight excluding hydrogens is 274 g/mol. The second-order valence-corrected chi connectivity index (χ2v) is 5.61. The van der Waals surface area contributed by atoms with Gasteiger partial charge in [0.2, 0.25) is 11.8 Å². The molecule has 20 heavy (non-hydrogen) atoms. The average Bonchev–Trinajstić information content (AvgIpc) is 2.74. The zero-order chi connectivity index (χ0) is 13.9. The largest absolute Gasteiger partial charge is 0.478 e. The van der Waals surface area contributed by atoms with Crippen molar-refractivity contribution in [3.63, 3.8) is 0 Å². The molecule has 2 bridgehead atoms. The van der Waals surface area contributed by atoms with Gasteiger partial charge in [0.1, 0.15) is 6.10 Å². The number of fused-ring (bicyclic) bond motifs is 1. The van der Waals surface area contributed by atoms with Crippen molar-refractivity contribution in [2.75, 3.05) is 4.90 Å². The third-order valence-electron chi connectivity index (χ3n) is 4.19. The van der Waals surface area contributed by atoms with Crippen molar-refractivity contribution < 1.29 is 14.3 Å². The molecule has 5 rings (SSSR count). The summed E-state index contributed by atoms with van der Waals surface area (Å²) in [5, 5.41) is 0.426. The molecule has 3 aliphatic heterocycles. The number of hydrogen-bond acceptors (Lipinski definition) is 4. The zero-order valence-corrected chi connectivity index (χ0v) is 11.2. The second kappa shape index (κ2) is 3.99. The lowest BCUT2D eigenvalue weighted by atomic mass is 9.74. The van der Waals surface area contributed by atoms with Crippen molar-refractivity contribution in [3.8, 4) is 0 Å². The molecule has 1 aromatic rings. The first-order valence-electron chi connectivity index (χ1n) is 6.50. The van der Waals surface area contributed by atoms with Crippen molar-refractivity contribution in [2.24, 2.45) is 17.8 Å². The monoisotopic (exact) mass is 285 g/mol. The molecule has 100 valence electrons. The SMILES string of the molecule is O=C1C2C3C=CC(C(=S)O3)C2C(=O)N1c1ccccc1. The van der Waals surface area contributed by atoms with E-state index in [1.54, 1.807) is 12.1 Å². The number of anilines is 1. The van der Waals surface area contributed by atoms with Crippen LogP contribution >= 0.6 is 12.2 Å². The molecule has 5 heteroatoms. The smallest absolute Gasteiger partial charge is 0.241 e. The van der Waals surface area contributed by atoms with Crippen molar-refractivity contribution in [1.82, 2.24) is 0 Å². The predicted molar refractivity (Wildman–Crippen MR) is 76.0 cm³/mol. The van der Waals surface area contributed by atoms with Gasteiger partial charge in [0, 0.05) is 0 Å². The highest BCUT2D eigenvalue weighted by atomic mass is 32.1. The van der Waals surface area contributed by atoms with Gasteiger partial charge in [-0.25, -0.2) is 4.90 Å². The molecule has 3 heterocycles. The number of amides is 2. The van der Waals surface area contributed by atoms with Crippen LogP contribution in [0.25, 0.3) is 0 Å². The van der Waals surface area contributed by atoms with E-state index in [0.29, 0.717) is 10.7 Å². The van der Waals surface area contributed by atoms with Gasteiger partial charge < -0.3 is 4.74 Å². The number of thiocarbonyl (C=S) groups is 1. The van der Waals surface area contributed by atoms with E-state index in [9.17, 15) is 9.59 Å². The lowest BCUT2D eigenvalue weighted by Gasteiger charge is -2.38. The Morgan fingerprint density at radius 3 is 2.40 bits per heavy atom. The van der Waals surface area contributed by atoms with Crippen LogP contribution in [0.1, 0.15) is 0 Å². The molecule has 1 aromatic carbocycles. The van der Waals surface area contributed by atoms with Gasteiger partial charge in [0.15, 0.2) is 5.05 Å². The van der Waals surface area contributed by atoms with Crippen LogP contribution < -0.4 is 4.90 Å². The summed E-state index contributed by atoms with van der Waals surface area (Å²) in [6.45, 7) is 0. The number of para-hydroxylation sites is 1. The molecule has 0 saturated carbocycles. The highest BCUT2D eigenvalue weighted by Gasteiger charge is 2.59. The van der Waals surface area contributed by atoms with E-state index in [4.69, 9.17) is 17.0 Å². The van der Waals surface area contributed by atoms with Crippen LogP contribution in [0.15, 0.2) is 42.5 Å². The molecule has 2 saturated heterocycles. The summed E-state index contributed by atoms with van der Waals surface area (Å²) >= 11 is 5.17. The van der Waals surface area contributed by atoms with Crippen LogP contribution in [0.5, 0.6) is 0 Å². The van der Waals surface area contributed by atoms with Crippen molar-refractivity contribution in [3.05, 3.63) is 42.5 Å². The molecule has 1 aliphatic carbocycles. The molecular formula is C15H11NO3S. The van der Waals surface area contributed by atoms with E-state index in [-0.39, 0.29) is 17.7 Å². The summed E-state index contributed by atoms with van der Waals surface area (Å²) in [6, 6.07) is 9.01. The molecule has 4 unspecified atom stereocenters. The van der Waals surface area contributed by atoms with Crippen molar-refractivity contribution in [1.29, 1.82) is 0 Å². The van der Waals surface area contributed by atoms with Crippen LogP contribution in [0.4, 0.5) is 5.69 Å². The van der Waals surface area contributed by atoms with Crippen LogP contribution in [-0.4, -0.2) is 23.0 Å². The number of carbonyl (C=O) groups excluding carboxylic acids is 2. The molecule has 0 aromatic heterocycles. The van der Waals surface area contributed by atoms with E-state index in [0.717, 1.165) is 0 Å². The maximum atomic E-state index is 12.6. The Hall–Kier alpha value is -2.01. The number of nitrogens with zero attached hydrogens (tertiary/aromatic N) is 1. The highest BCUT2D eigenvalue weighted by molar-refractivity contribution is 7.80. The Bertz CT molecular complexity index is 654. The molecule has 4 atom stereocenters. The van der Waals surface area contributed by atoms with Gasteiger partial charge in [-0.2, -0.15) is 0 Å². The Kier molecular flexibility index (Phi) is 2.35. The molecule has 0 N–H and O–H groups in total. The van der Waals surface area contributed by atoms with Gasteiger partial charge in [-0.05, 0) is 30.4 Å². The van der Waals surface area contributed by atoms with Gasteiger partial charge in [-0.15, -0.1) is 0 Å². The Morgan fingerprint density at radius 2 is 1.70 bits per heavy atom. The molecule has 2 amide bonds. The minimum atomic E-state index is -0.440. The minimum absolute atomic E-state index is 0.170. The van der Waals surface area contributed by atoms with Gasteiger partial charge in [0.25, 0.3) is 0 Å². The van der Waals surface area contributed by atoms with E-state index < -0.39 is 17.9 Å². The molecule has 2 fully saturated rings. The summed E-state index contributed by atoms with van der Waals surface area (Å²) in [7, 11) is 0. The van der Waals surface area contributed by atoms with E-state index in [1.807, 2.05) is 30.4 Å². The number of imide groups is 1. The zero-order valence-electron chi connectivity index (χ0n) is 10.4. The van der Waals surface area contributed by atoms with Crippen LogP contribution in [0.3, 0.4) is 0 Å². The number of ether oxygens (including phenoxy) is 1. The topological polar surface area (TPSA) is 46.6 Å². The van der Waals surface area contributed by atoms with Gasteiger partial charge in [0.05, 0.1) is 23.4 Å². The first kappa shape index (κ1) is 11.8. The first-order valence-corrected chi connectivity index (χ1v) is 6.91. The lowest BCUT2D eigenvalue weighted by Crippen LogP contribution is -2.48. The number of benzene rings is 1. The summed E-state index contributed by atoms with van der Waals surface area (Å²) in [5.41, 5.74) is 0.613. The van der Waals surface area contributed by atoms with E-state index >= 15 is 0 Å². The number of rotatable bonds is 1. The first-order chi connectivity index (χ1) is 9.68. The van der Waals surface area contributed by atoms with E-state index in [1.165, 1.54) is 4.90 Å². The Morgan fingerprint density at radius 1 is 1.00 bits per heavy atom. The van der Waals surface area contributed by atoms with Gasteiger partial charge >= 0.3 is 0 Å². The highest BCUT2D eigenvalue weighted by Crippen LogP contribution is 2.46. The van der Waals surface area contributed by atoms with Gasteiger partial charge in [-0.1, -0.05) is 24.3 Å². The molecule has 4 aliphatic rings. The third kappa shape index (κ3) is 1.38. The summed E-state index contributed by atoms with van der Waals surface area (Å²) in [4.78, 5) is 26.5. The number of carbonyl (C=O) groups is 2. The summed E-state index contributed by atoms with van der Waals surface area (Å²) in [5.74, 6) is -1.46. The molecule has 0 spiro atoms. The quantitative estimate of drug-likeness (QED) is 0.448. The normalized spacial score (nSPS) is 34.4. The summed E-state index contributed by atoms with van der Waals surface area (Å²) < 4.78 is 5.55. The van der Waals surface area contributed by atoms with Crippen molar-refractivity contribution >= 4 is 34.8 Å². The Balaban J connectivity index is 1.79. The maximum Gasteiger partial charge on any atom is 0.241 e. The lowest BCUT2D eigenvalue weighted by molar-refractivity contribution is -0.125. The van der Waals surface area contributed by atoms with Crippen LogP contribution in [-0.2, 0) is 14.3 Å². The average molecular weight is 285 g/mol. The predicted octanol–water partition coefficient (Wildman–Crippen LogP) is 1.70. The third-order valence-corrected chi connectivity index (χ3v) is 4.55.